The van der Waals surface area contributed by atoms with Crippen molar-refractivity contribution in [2.45, 2.75) is 153 Å². The molecular weight excluding hydrogens is 806 g/mol. The van der Waals surface area contributed by atoms with Crippen LogP contribution in [-0.4, -0.2) is 80.5 Å². The van der Waals surface area contributed by atoms with Gasteiger partial charge in [-0.2, -0.15) is 15.6 Å². The third kappa shape index (κ3) is 14.9. The van der Waals surface area contributed by atoms with Crippen LogP contribution < -0.4 is 5.73 Å². The normalized spacial score (nSPS) is 20.3. The first-order valence-corrected chi connectivity index (χ1v) is 23.2. The van der Waals surface area contributed by atoms with Crippen LogP contribution in [0.5, 0.6) is 0 Å². The Morgan fingerprint density at radius 3 is 2.25 bits per heavy atom. The quantitative estimate of drug-likeness (QED) is 0.0274. The summed E-state index contributed by atoms with van der Waals surface area (Å²) < 4.78 is 57.3. The average Bonchev–Trinajstić information content (AvgIpc) is 3.80. The predicted octanol–water partition coefficient (Wildman–Crippen LogP) is 7.89. The number of nitrogens with zero attached hydrogens (tertiary/aromatic N) is 5. The zero-order valence-corrected chi connectivity index (χ0v) is 36.4. The molecule has 0 radical (unpaired) electrons. The number of unbranched alkanes of at least 4 members (excludes halogenated alkanes) is 15. The van der Waals surface area contributed by atoms with Gasteiger partial charge in [0.05, 0.1) is 43.8 Å². The van der Waals surface area contributed by atoms with Crippen molar-refractivity contribution in [1.29, 1.82) is 10.5 Å². The van der Waals surface area contributed by atoms with Crippen LogP contribution in [0.15, 0.2) is 43.2 Å². The molecule has 17 heteroatoms. The molecule has 0 saturated carbocycles. The van der Waals surface area contributed by atoms with Crippen molar-refractivity contribution >= 4 is 19.2 Å². The molecule has 61 heavy (non-hydrogen) atoms. The first-order chi connectivity index (χ1) is 29.5. The minimum Gasteiger partial charge on any atom is -0.387 e. The molecule has 336 valence electrons. The fraction of sp³-hybridized carbons (Fsp3) is 0.636. The van der Waals surface area contributed by atoms with Gasteiger partial charge in [0, 0.05) is 12.2 Å². The number of allylic oxidation sites excluding steroid dienone is 1. The van der Waals surface area contributed by atoms with E-state index in [1.165, 1.54) is 118 Å². The third-order valence-electron chi connectivity index (χ3n) is 11.0. The van der Waals surface area contributed by atoms with Crippen LogP contribution in [0, 0.1) is 28.5 Å². The lowest BCUT2D eigenvalue weighted by Crippen LogP contribution is -2.41. The number of aliphatic hydroxyl groups excluding tert-OH is 2. The molecular formula is C44H64FN6O9P. The zero-order chi connectivity index (χ0) is 44.1. The number of aliphatic hydroxyl groups is 2. The summed E-state index contributed by atoms with van der Waals surface area (Å²) in [5.41, 5.74) is 4.88. The molecule has 3 heterocycles. The van der Waals surface area contributed by atoms with E-state index in [0.717, 1.165) is 25.6 Å². The number of nitriles is 2. The van der Waals surface area contributed by atoms with Crippen LogP contribution in [0.25, 0.3) is 5.52 Å². The van der Waals surface area contributed by atoms with Crippen LogP contribution in [-0.2, 0) is 46.5 Å². The van der Waals surface area contributed by atoms with Crippen LogP contribution in [0.4, 0.5) is 10.2 Å². The molecule has 0 aliphatic carbocycles. The smallest absolute Gasteiger partial charge is 0.387 e. The summed E-state index contributed by atoms with van der Waals surface area (Å²) in [5, 5.41) is 45.7. The van der Waals surface area contributed by atoms with Gasteiger partial charge in [-0.3, -0.25) is 9.05 Å². The van der Waals surface area contributed by atoms with Gasteiger partial charge in [-0.05, 0) is 42.7 Å². The van der Waals surface area contributed by atoms with E-state index in [4.69, 9.17) is 29.0 Å². The molecule has 1 fully saturated rings. The Kier molecular flexibility index (Phi) is 21.2. The number of halogens is 1. The zero-order valence-electron chi connectivity index (χ0n) is 35.5. The fourth-order valence-corrected chi connectivity index (χ4v) is 8.25. The van der Waals surface area contributed by atoms with Gasteiger partial charge in [0.15, 0.2) is 5.82 Å². The number of fused-ring (bicyclic) bond motifs is 1. The number of hydrogen-bond donors (Lipinski definition) is 4. The maximum atomic E-state index is 14.9. The summed E-state index contributed by atoms with van der Waals surface area (Å²) in [4.78, 5) is 14.5. The molecule has 0 spiro atoms. The van der Waals surface area contributed by atoms with E-state index < -0.39 is 56.9 Å². The molecule has 15 nitrogen and oxygen atoms in total. The van der Waals surface area contributed by atoms with E-state index in [1.807, 2.05) is 12.1 Å². The van der Waals surface area contributed by atoms with Gasteiger partial charge in [-0.1, -0.05) is 109 Å². The van der Waals surface area contributed by atoms with Crippen molar-refractivity contribution in [3.63, 3.8) is 0 Å². The summed E-state index contributed by atoms with van der Waals surface area (Å²) in [7, 11) is -4.86. The number of benzene rings is 1. The molecule has 1 aromatic carbocycles. The number of aromatic nitrogens is 3. The lowest BCUT2D eigenvalue weighted by molar-refractivity contribution is -0.0690. The molecule has 0 amide bonds. The highest BCUT2D eigenvalue weighted by Crippen LogP contribution is 2.46. The summed E-state index contributed by atoms with van der Waals surface area (Å²) in [6.45, 7) is 4.88. The highest BCUT2D eigenvalue weighted by atomic mass is 31.2. The van der Waals surface area contributed by atoms with Crippen LogP contribution >= 0.6 is 7.82 Å². The molecule has 6 atom stereocenters. The van der Waals surface area contributed by atoms with E-state index in [1.54, 1.807) is 0 Å². The monoisotopic (exact) mass is 870 g/mol. The standard InChI is InChI=1S/C44H64FN6O9P/c1-3-5-6-7-8-9-10-11-12-13-14-15-16-17-18-19-23-56-28-35(57-27-33-24-34(26-46)36(20-4-2)37(45)25-33)29-58-61(54,55)59-30-39-41(52)42(53)44(31-47,60-39)40-22-21-38-43(48)49-32-50-51(38)40/h4,21-22,24-25,32,35,39,41-42,52-53H,2-3,5-20,23,27-30H2,1H3,(H,54,55)(H2,48,49,50)/t35-,39-,41-,42-,44+/m1/s1. The Morgan fingerprint density at radius 2 is 1.64 bits per heavy atom. The summed E-state index contributed by atoms with van der Waals surface area (Å²) in [6.07, 6.45) is 16.9. The molecule has 1 aliphatic rings. The van der Waals surface area contributed by atoms with Gasteiger partial charge in [-0.25, -0.2) is 18.5 Å². The number of anilines is 1. The Balaban J connectivity index is 1.24. The molecule has 1 aliphatic heterocycles. The largest absolute Gasteiger partial charge is 0.472 e. The Bertz CT molecular complexity index is 1940. The van der Waals surface area contributed by atoms with E-state index in [2.05, 4.69) is 23.6 Å². The predicted molar refractivity (Wildman–Crippen MR) is 227 cm³/mol. The highest BCUT2D eigenvalue weighted by molar-refractivity contribution is 7.47. The number of phosphoric acid groups is 1. The van der Waals surface area contributed by atoms with Crippen LogP contribution in [0.2, 0.25) is 0 Å². The minimum absolute atomic E-state index is 0.0262. The second kappa shape index (κ2) is 26.0. The van der Waals surface area contributed by atoms with Gasteiger partial charge in [-0.15, -0.1) is 6.58 Å². The number of rotatable bonds is 31. The highest BCUT2D eigenvalue weighted by Gasteiger charge is 2.58. The molecule has 0 bridgehead atoms. The van der Waals surface area contributed by atoms with Gasteiger partial charge in [0.1, 0.15) is 48.1 Å². The van der Waals surface area contributed by atoms with Crippen molar-refractivity contribution in [2.24, 2.45) is 0 Å². The van der Waals surface area contributed by atoms with Crippen molar-refractivity contribution in [1.82, 2.24) is 14.6 Å². The average molecular weight is 871 g/mol. The Morgan fingerprint density at radius 1 is 1.00 bits per heavy atom. The fourth-order valence-electron chi connectivity index (χ4n) is 7.49. The number of nitrogens with two attached hydrogens (primary N) is 1. The van der Waals surface area contributed by atoms with Gasteiger partial charge in [0.25, 0.3) is 0 Å². The lowest BCUT2D eigenvalue weighted by atomic mass is 9.92. The molecule has 4 rings (SSSR count). The lowest BCUT2D eigenvalue weighted by Gasteiger charge is -2.24. The molecule has 5 N–H and O–H groups in total. The number of ether oxygens (including phenoxy) is 3. The minimum atomic E-state index is -4.86. The van der Waals surface area contributed by atoms with Crippen LogP contribution in [0.1, 0.15) is 132 Å². The van der Waals surface area contributed by atoms with Crippen LogP contribution in [0.3, 0.4) is 0 Å². The van der Waals surface area contributed by atoms with E-state index >= 15 is 0 Å². The maximum absolute atomic E-state index is 14.9. The number of nitrogen functional groups attached to an aromatic ring is 1. The number of hydrogen-bond acceptors (Lipinski definition) is 13. The molecule has 2 aromatic heterocycles. The number of phosphoric ester groups is 1. The van der Waals surface area contributed by atoms with E-state index in [0.29, 0.717) is 17.7 Å². The van der Waals surface area contributed by atoms with Gasteiger partial charge < -0.3 is 35.1 Å². The van der Waals surface area contributed by atoms with E-state index in [9.17, 15) is 34.6 Å². The second-order valence-corrected chi connectivity index (χ2v) is 17.1. The Labute approximate surface area is 359 Å². The molecule has 3 aromatic rings. The summed E-state index contributed by atoms with van der Waals surface area (Å²) in [6, 6.07) is 9.63. The van der Waals surface area contributed by atoms with Crippen molar-refractivity contribution in [2.75, 3.05) is 32.2 Å². The first kappa shape index (κ1) is 49.9. The van der Waals surface area contributed by atoms with E-state index in [-0.39, 0.29) is 42.3 Å². The van der Waals surface area contributed by atoms with Crippen molar-refractivity contribution in [3.05, 3.63) is 71.4 Å². The molecule has 1 unspecified atom stereocenters. The van der Waals surface area contributed by atoms with Gasteiger partial charge >= 0.3 is 7.82 Å². The maximum Gasteiger partial charge on any atom is 0.472 e. The SMILES string of the molecule is C=CCc1c(F)cc(CO[C@H](COCCCCCCCCCCCCCCCCCC)COP(=O)(O)OC[C@H]2O[C@@](C#N)(c3ccc4c(N)ncnn34)[C@H](O)[C@@H]2O)cc1C#N. The summed E-state index contributed by atoms with van der Waals surface area (Å²) >= 11 is 0. The summed E-state index contributed by atoms with van der Waals surface area (Å²) in [5.74, 6) is -0.475. The second-order valence-electron chi connectivity index (χ2n) is 15.7. The third-order valence-corrected chi connectivity index (χ3v) is 11.9. The van der Waals surface area contributed by atoms with Crippen molar-refractivity contribution < 1.29 is 47.3 Å². The van der Waals surface area contributed by atoms with Gasteiger partial charge in [0.2, 0.25) is 5.60 Å². The topological polar surface area (TPSA) is 228 Å². The molecule has 1 saturated heterocycles. The van der Waals surface area contributed by atoms with Crippen molar-refractivity contribution in [3.8, 4) is 12.1 Å². The first-order valence-electron chi connectivity index (χ1n) is 21.7. The Hall–Kier alpha value is -3.80.